The second-order valence-electron chi connectivity index (χ2n) is 7.59. The first-order chi connectivity index (χ1) is 12.1. The number of hydrogen-bond acceptors (Lipinski definition) is 5. The minimum Gasteiger partial charge on any atom is -0.337 e. The summed E-state index contributed by atoms with van der Waals surface area (Å²) in [6, 6.07) is 0.397. The molecule has 7 nitrogen and oxygen atoms in total. The predicted molar refractivity (Wildman–Crippen MR) is 94.3 cm³/mol. The molecule has 0 aromatic carbocycles. The lowest BCUT2D eigenvalue weighted by molar-refractivity contribution is -0.121. The molecular formula is C18H22N6O. The zero-order valence-corrected chi connectivity index (χ0v) is 14.6. The van der Waals surface area contributed by atoms with Gasteiger partial charge in [0.1, 0.15) is 11.2 Å². The number of nitrogens with one attached hydrogen (secondary N) is 1. The first-order valence-corrected chi connectivity index (χ1v) is 9.06. The molecule has 1 aliphatic heterocycles. The van der Waals surface area contributed by atoms with Crippen molar-refractivity contribution in [1.82, 2.24) is 20.2 Å². The van der Waals surface area contributed by atoms with Crippen LogP contribution in [0.1, 0.15) is 39.0 Å². The number of H-pyrrole nitrogens is 1. The number of anilines is 2. The molecule has 25 heavy (non-hydrogen) atoms. The molecule has 1 amide bonds. The fourth-order valence-electron chi connectivity index (χ4n) is 4.69. The smallest absolute Gasteiger partial charge is 0.253 e. The van der Waals surface area contributed by atoms with Gasteiger partial charge in [-0.15, -0.1) is 0 Å². The van der Waals surface area contributed by atoms with E-state index < -0.39 is 5.54 Å². The summed E-state index contributed by atoms with van der Waals surface area (Å²) in [5, 5.41) is 6.82. The summed E-state index contributed by atoms with van der Waals surface area (Å²) in [4.78, 5) is 26.7. The van der Waals surface area contributed by atoms with Crippen molar-refractivity contribution >= 4 is 17.4 Å². The topological polar surface area (TPSA) is 78.0 Å². The van der Waals surface area contributed by atoms with E-state index in [0.717, 1.165) is 36.3 Å². The standard InChI is InChI=1S/C18H22N6O/c1-11-7-18(11)17(25)23(2)14-10-19-15(12-8-20-21-9-12)22-16(14)24(18)13-5-3-4-6-13/h8-11,13H,3-7H2,1-2H3,(H,20,21)/t11-,18-/m0/s1. The normalized spacial score (nSPS) is 28.7. The maximum Gasteiger partial charge on any atom is 0.253 e. The lowest BCUT2D eigenvalue weighted by Crippen LogP contribution is -2.59. The maximum atomic E-state index is 13.2. The quantitative estimate of drug-likeness (QED) is 0.909. The van der Waals surface area contributed by atoms with E-state index in [9.17, 15) is 4.79 Å². The second kappa shape index (κ2) is 5.03. The summed E-state index contributed by atoms with van der Waals surface area (Å²) < 4.78 is 0. The average molecular weight is 338 g/mol. The summed E-state index contributed by atoms with van der Waals surface area (Å²) in [5.74, 6) is 2.12. The van der Waals surface area contributed by atoms with Crippen LogP contribution in [0.5, 0.6) is 0 Å². The van der Waals surface area contributed by atoms with Crippen LogP contribution in [-0.2, 0) is 4.79 Å². The summed E-state index contributed by atoms with van der Waals surface area (Å²) in [5.41, 5.74) is 1.28. The molecule has 5 rings (SSSR count). The van der Waals surface area contributed by atoms with E-state index >= 15 is 0 Å². The van der Waals surface area contributed by atoms with Crippen LogP contribution in [-0.4, -0.2) is 44.7 Å². The number of aromatic nitrogens is 4. The van der Waals surface area contributed by atoms with Gasteiger partial charge in [0.05, 0.1) is 18.0 Å². The van der Waals surface area contributed by atoms with Gasteiger partial charge >= 0.3 is 0 Å². The first kappa shape index (κ1) is 14.9. The van der Waals surface area contributed by atoms with Crippen molar-refractivity contribution in [2.45, 2.75) is 50.6 Å². The van der Waals surface area contributed by atoms with Crippen molar-refractivity contribution in [3.05, 3.63) is 18.6 Å². The fraction of sp³-hybridized carbons (Fsp3) is 0.556. The van der Waals surface area contributed by atoms with Gasteiger partial charge in [0.25, 0.3) is 5.91 Å². The van der Waals surface area contributed by atoms with Crippen molar-refractivity contribution in [2.24, 2.45) is 5.92 Å². The lowest BCUT2D eigenvalue weighted by Gasteiger charge is -2.45. The van der Waals surface area contributed by atoms with Crippen molar-refractivity contribution in [1.29, 1.82) is 0 Å². The van der Waals surface area contributed by atoms with Gasteiger partial charge in [0.2, 0.25) is 0 Å². The zero-order valence-electron chi connectivity index (χ0n) is 14.6. The largest absolute Gasteiger partial charge is 0.337 e. The van der Waals surface area contributed by atoms with Crippen LogP contribution < -0.4 is 9.80 Å². The molecule has 2 fully saturated rings. The monoisotopic (exact) mass is 338 g/mol. The molecule has 3 aliphatic rings. The van der Waals surface area contributed by atoms with Gasteiger partial charge in [0.15, 0.2) is 11.6 Å². The highest BCUT2D eigenvalue weighted by Gasteiger charge is 2.66. The van der Waals surface area contributed by atoms with Crippen molar-refractivity contribution in [3.63, 3.8) is 0 Å². The summed E-state index contributed by atoms with van der Waals surface area (Å²) in [6.45, 7) is 2.18. The Kier molecular flexibility index (Phi) is 2.99. The Hall–Kier alpha value is -2.44. The molecule has 2 aliphatic carbocycles. The summed E-state index contributed by atoms with van der Waals surface area (Å²) in [7, 11) is 1.85. The van der Waals surface area contributed by atoms with Crippen LogP contribution in [0.15, 0.2) is 18.6 Å². The number of carbonyl (C=O) groups excluding carboxylic acids is 1. The van der Waals surface area contributed by atoms with E-state index in [-0.39, 0.29) is 5.91 Å². The minimum atomic E-state index is -0.404. The van der Waals surface area contributed by atoms with E-state index in [1.54, 1.807) is 23.5 Å². The fourth-order valence-corrected chi connectivity index (χ4v) is 4.69. The second-order valence-corrected chi connectivity index (χ2v) is 7.59. The summed E-state index contributed by atoms with van der Waals surface area (Å²) >= 11 is 0. The van der Waals surface area contributed by atoms with Gasteiger partial charge in [-0.05, 0) is 25.2 Å². The van der Waals surface area contributed by atoms with Crippen LogP contribution in [0.2, 0.25) is 0 Å². The lowest BCUT2D eigenvalue weighted by atomic mass is 10.0. The third kappa shape index (κ3) is 1.92. The van der Waals surface area contributed by atoms with Gasteiger partial charge < -0.3 is 9.80 Å². The highest BCUT2D eigenvalue weighted by Crippen LogP contribution is 2.57. The Bertz CT molecular complexity index is 828. The van der Waals surface area contributed by atoms with E-state index in [2.05, 4.69) is 27.0 Å². The van der Waals surface area contributed by atoms with Crippen molar-refractivity contribution < 1.29 is 4.79 Å². The summed E-state index contributed by atoms with van der Waals surface area (Å²) in [6.07, 6.45) is 11.0. The van der Waals surface area contributed by atoms with E-state index in [4.69, 9.17) is 4.98 Å². The van der Waals surface area contributed by atoms with Gasteiger partial charge in [-0.25, -0.2) is 9.97 Å². The molecule has 0 saturated heterocycles. The van der Waals surface area contributed by atoms with Gasteiger partial charge in [-0.2, -0.15) is 5.10 Å². The molecular weight excluding hydrogens is 316 g/mol. The molecule has 0 bridgehead atoms. The minimum absolute atomic E-state index is 0.194. The molecule has 2 atom stereocenters. The van der Waals surface area contributed by atoms with Gasteiger partial charge in [-0.3, -0.25) is 9.89 Å². The average Bonchev–Trinajstić information content (AvgIpc) is 3.10. The van der Waals surface area contributed by atoms with Crippen molar-refractivity contribution in [2.75, 3.05) is 16.8 Å². The number of fused-ring (bicyclic) bond motifs is 1. The molecule has 0 unspecified atom stereocenters. The van der Waals surface area contributed by atoms with Gasteiger partial charge in [0, 0.05) is 19.3 Å². The van der Waals surface area contributed by atoms with Crippen LogP contribution in [0, 0.1) is 5.92 Å². The third-order valence-electron chi connectivity index (χ3n) is 6.16. The number of aromatic amines is 1. The molecule has 130 valence electrons. The zero-order chi connectivity index (χ0) is 17.2. The molecule has 1 N–H and O–H groups in total. The Balaban J connectivity index is 1.69. The Morgan fingerprint density at radius 2 is 2.04 bits per heavy atom. The molecule has 2 aromatic rings. The van der Waals surface area contributed by atoms with E-state index in [1.807, 2.05) is 7.05 Å². The molecule has 7 heteroatoms. The maximum absolute atomic E-state index is 13.2. The van der Waals surface area contributed by atoms with E-state index in [0.29, 0.717) is 17.8 Å². The van der Waals surface area contributed by atoms with Crippen molar-refractivity contribution in [3.8, 4) is 11.4 Å². The number of carbonyl (C=O) groups is 1. The molecule has 0 radical (unpaired) electrons. The van der Waals surface area contributed by atoms with Gasteiger partial charge in [-0.1, -0.05) is 19.8 Å². The Morgan fingerprint density at radius 3 is 2.68 bits per heavy atom. The van der Waals surface area contributed by atoms with E-state index in [1.165, 1.54) is 12.8 Å². The first-order valence-electron chi connectivity index (χ1n) is 9.06. The molecule has 2 saturated carbocycles. The predicted octanol–water partition coefficient (Wildman–Crippen LogP) is 2.37. The van der Waals surface area contributed by atoms with Crippen LogP contribution in [0.3, 0.4) is 0 Å². The number of rotatable bonds is 2. The number of likely N-dealkylation sites (N-methyl/N-ethyl adjacent to an activating group) is 1. The molecule has 1 spiro atoms. The highest BCUT2D eigenvalue weighted by molar-refractivity contribution is 6.10. The molecule has 2 aromatic heterocycles. The van der Waals surface area contributed by atoms with Crippen LogP contribution >= 0.6 is 0 Å². The Labute approximate surface area is 146 Å². The number of hydrogen-bond donors (Lipinski definition) is 1. The van der Waals surface area contributed by atoms with Crippen LogP contribution in [0.4, 0.5) is 11.5 Å². The number of nitrogens with zero attached hydrogens (tertiary/aromatic N) is 5. The van der Waals surface area contributed by atoms with Crippen LogP contribution in [0.25, 0.3) is 11.4 Å². The molecule has 3 heterocycles. The Morgan fingerprint density at radius 1 is 1.28 bits per heavy atom. The SMILES string of the molecule is C[C@H]1C[C@@]12C(=O)N(C)c1cnc(-c3cn[nH]c3)nc1N2C1CCCC1. The third-order valence-corrected chi connectivity index (χ3v) is 6.16. The number of amides is 1. The highest BCUT2D eigenvalue weighted by atomic mass is 16.2.